The Bertz CT molecular complexity index is 790. The number of aromatic nitrogens is 2. The lowest BCUT2D eigenvalue weighted by atomic mass is 10.1. The Labute approximate surface area is 169 Å². The van der Waals surface area contributed by atoms with Crippen LogP contribution >= 0.6 is 0 Å². The normalized spacial score (nSPS) is 18.5. The second-order valence-electron chi connectivity index (χ2n) is 7.28. The fraction of sp³-hybridized carbons (Fsp3) is 0.571. The molecule has 2 aliphatic rings. The maximum atomic E-state index is 12.4. The van der Waals surface area contributed by atoms with Gasteiger partial charge in [0, 0.05) is 25.1 Å². The number of halogens is 2. The molecule has 8 heteroatoms. The molecule has 0 bridgehead atoms. The summed E-state index contributed by atoms with van der Waals surface area (Å²) in [6, 6.07) is 8.26. The van der Waals surface area contributed by atoms with Gasteiger partial charge < -0.3 is 14.6 Å². The first-order valence-electron chi connectivity index (χ1n) is 10.3. The Kier molecular flexibility index (Phi) is 7.17. The maximum Gasteiger partial charge on any atom is 0.316 e. The van der Waals surface area contributed by atoms with E-state index in [2.05, 4.69) is 27.6 Å². The summed E-state index contributed by atoms with van der Waals surface area (Å²) in [6.07, 6.45) is 0.656. The molecule has 2 heterocycles. The zero-order chi connectivity index (χ0) is 20.8. The van der Waals surface area contributed by atoms with Crippen LogP contribution in [0.2, 0.25) is 0 Å². The van der Waals surface area contributed by atoms with E-state index in [-0.39, 0.29) is 30.8 Å². The predicted molar refractivity (Wildman–Crippen MR) is 107 cm³/mol. The van der Waals surface area contributed by atoms with Gasteiger partial charge in [-0.15, -0.1) is 5.10 Å². The van der Waals surface area contributed by atoms with Gasteiger partial charge in [0.15, 0.2) is 0 Å². The van der Waals surface area contributed by atoms with E-state index in [1.807, 2.05) is 26.0 Å². The standard InChI is InChI=1S/C19H22F2N4O2.C2H6/c20-16(21)9-12-7-8-25(11-12)17(26)10-22-19-24-23-18(27-19)15-5-3-14(4-6-15)13-1-2-13;1-2/h3-6,12-13,16H,1-2,7-11H2,(H,22,24);1-2H3. The van der Waals surface area contributed by atoms with Crippen molar-refractivity contribution in [2.45, 2.75) is 51.9 Å². The maximum absolute atomic E-state index is 12.4. The topological polar surface area (TPSA) is 71.3 Å². The molecule has 29 heavy (non-hydrogen) atoms. The number of benzene rings is 1. The molecule has 4 rings (SSSR count). The highest BCUT2D eigenvalue weighted by atomic mass is 19.3. The molecule has 0 radical (unpaired) electrons. The Morgan fingerprint density at radius 2 is 1.93 bits per heavy atom. The number of nitrogens with one attached hydrogen (secondary N) is 1. The van der Waals surface area contributed by atoms with Gasteiger partial charge in [0.25, 0.3) is 0 Å². The van der Waals surface area contributed by atoms with Crippen molar-refractivity contribution in [1.29, 1.82) is 0 Å². The molecule has 1 saturated carbocycles. The van der Waals surface area contributed by atoms with Crippen LogP contribution in [0.25, 0.3) is 11.5 Å². The number of likely N-dealkylation sites (tertiary alicyclic amines) is 1. The van der Waals surface area contributed by atoms with Crippen molar-refractivity contribution in [1.82, 2.24) is 15.1 Å². The molecule has 1 N–H and O–H groups in total. The molecule has 1 amide bonds. The van der Waals surface area contributed by atoms with Gasteiger partial charge in [-0.1, -0.05) is 31.1 Å². The fourth-order valence-electron chi connectivity index (χ4n) is 3.49. The molecule has 0 spiro atoms. The van der Waals surface area contributed by atoms with Gasteiger partial charge in [-0.3, -0.25) is 4.79 Å². The van der Waals surface area contributed by atoms with E-state index in [4.69, 9.17) is 4.42 Å². The first-order chi connectivity index (χ1) is 14.1. The number of rotatable bonds is 7. The molecule has 2 fully saturated rings. The van der Waals surface area contributed by atoms with Crippen LogP contribution in [0.5, 0.6) is 0 Å². The minimum Gasteiger partial charge on any atom is -0.403 e. The van der Waals surface area contributed by atoms with Gasteiger partial charge in [0.1, 0.15) is 0 Å². The molecule has 1 aliphatic carbocycles. The summed E-state index contributed by atoms with van der Waals surface area (Å²) in [5.41, 5.74) is 2.17. The SMILES string of the molecule is CC.O=C(CNc1nnc(-c2ccc(C3CC3)cc2)o1)N1CCC(CC(F)F)C1. The van der Waals surface area contributed by atoms with Gasteiger partial charge in [-0.25, -0.2) is 8.78 Å². The first-order valence-corrected chi connectivity index (χ1v) is 10.3. The van der Waals surface area contributed by atoms with Crippen molar-refractivity contribution in [2.24, 2.45) is 5.92 Å². The monoisotopic (exact) mass is 406 g/mol. The number of hydrogen-bond acceptors (Lipinski definition) is 5. The lowest BCUT2D eigenvalue weighted by Crippen LogP contribution is -2.34. The Hall–Kier alpha value is -2.51. The molecule has 6 nitrogen and oxygen atoms in total. The number of amides is 1. The van der Waals surface area contributed by atoms with E-state index in [1.165, 1.54) is 18.4 Å². The summed E-state index contributed by atoms with van der Waals surface area (Å²) in [5, 5.41) is 10.8. The van der Waals surface area contributed by atoms with Crippen LogP contribution in [0.4, 0.5) is 14.8 Å². The van der Waals surface area contributed by atoms with Gasteiger partial charge in [-0.05, 0) is 48.8 Å². The quantitative estimate of drug-likeness (QED) is 0.730. The summed E-state index contributed by atoms with van der Waals surface area (Å²) >= 11 is 0. The van der Waals surface area contributed by atoms with Crippen LogP contribution in [-0.4, -0.2) is 47.1 Å². The molecule has 2 aromatic rings. The smallest absolute Gasteiger partial charge is 0.316 e. The van der Waals surface area contributed by atoms with E-state index in [9.17, 15) is 13.6 Å². The minimum atomic E-state index is -2.32. The highest BCUT2D eigenvalue weighted by Crippen LogP contribution is 2.40. The molecule has 1 atom stereocenters. The molecule has 1 saturated heterocycles. The second kappa shape index (κ2) is 9.80. The van der Waals surface area contributed by atoms with Gasteiger partial charge in [-0.2, -0.15) is 0 Å². The van der Waals surface area contributed by atoms with Gasteiger partial charge in [0.05, 0.1) is 6.54 Å². The lowest BCUT2D eigenvalue weighted by Gasteiger charge is -2.16. The highest BCUT2D eigenvalue weighted by Gasteiger charge is 2.28. The van der Waals surface area contributed by atoms with Crippen molar-refractivity contribution >= 4 is 11.9 Å². The van der Waals surface area contributed by atoms with Crippen LogP contribution in [0.3, 0.4) is 0 Å². The van der Waals surface area contributed by atoms with Crippen LogP contribution < -0.4 is 5.32 Å². The van der Waals surface area contributed by atoms with Crippen LogP contribution in [-0.2, 0) is 4.79 Å². The first kappa shape index (κ1) is 21.2. The molecule has 1 aromatic heterocycles. The van der Waals surface area contributed by atoms with E-state index in [1.54, 1.807) is 4.90 Å². The number of hydrogen-bond donors (Lipinski definition) is 1. The summed E-state index contributed by atoms with van der Waals surface area (Å²) < 4.78 is 30.5. The third-order valence-corrected chi connectivity index (χ3v) is 5.17. The molecule has 158 valence electrons. The third-order valence-electron chi connectivity index (χ3n) is 5.17. The van der Waals surface area contributed by atoms with Crippen LogP contribution in [0, 0.1) is 5.92 Å². The van der Waals surface area contributed by atoms with Crippen molar-refractivity contribution in [3.05, 3.63) is 29.8 Å². The van der Waals surface area contributed by atoms with E-state index >= 15 is 0 Å². The molecule has 1 unspecified atom stereocenters. The van der Waals surface area contributed by atoms with Crippen molar-refractivity contribution < 1.29 is 18.0 Å². The fourth-order valence-corrected chi connectivity index (χ4v) is 3.49. The predicted octanol–water partition coefficient (Wildman–Crippen LogP) is 4.56. The summed E-state index contributed by atoms with van der Waals surface area (Å²) in [7, 11) is 0. The van der Waals surface area contributed by atoms with E-state index in [0.717, 1.165) is 5.56 Å². The van der Waals surface area contributed by atoms with Crippen molar-refractivity contribution in [2.75, 3.05) is 25.0 Å². The number of anilines is 1. The van der Waals surface area contributed by atoms with E-state index < -0.39 is 6.43 Å². The average Bonchev–Trinajstić information content (AvgIpc) is 3.29. The molecular formula is C21H28F2N4O2. The number of alkyl halides is 2. The molecule has 1 aromatic carbocycles. The van der Waals surface area contributed by atoms with Crippen LogP contribution in [0.15, 0.2) is 28.7 Å². The minimum absolute atomic E-state index is 0.00362. The van der Waals surface area contributed by atoms with Gasteiger partial charge >= 0.3 is 6.01 Å². The van der Waals surface area contributed by atoms with Gasteiger partial charge in [0.2, 0.25) is 18.2 Å². The Morgan fingerprint density at radius 1 is 1.21 bits per heavy atom. The van der Waals surface area contributed by atoms with E-state index in [0.29, 0.717) is 31.3 Å². The summed E-state index contributed by atoms with van der Waals surface area (Å²) in [5.74, 6) is 0.809. The molecule has 1 aliphatic heterocycles. The second-order valence-corrected chi connectivity index (χ2v) is 7.28. The number of carbonyl (C=O) groups is 1. The third kappa shape index (κ3) is 5.74. The Balaban J connectivity index is 0.00000117. The van der Waals surface area contributed by atoms with Crippen LogP contribution in [0.1, 0.15) is 51.0 Å². The Morgan fingerprint density at radius 3 is 2.59 bits per heavy atom. The van der Waals surface area contributed by atoms with Crippen molar-refractivity contribution in [3.8, 4) is 11.5 Å². The molecular weight excluding hydrogens is 378 g/mol. The number of nitrogens with zero attached hydrogens (tertiary/aromatic N) is 3. The highest BCUT2D eigenvalue weighted by molar-refractivity contribution is 5.80. The zero-order valence-electron chi connectivity index (χ0n) is 16.9. The summed E-state index contributed by atoms with van der Waals surface area (Å²) in [4.78, 5) is 13.8. The lowest BCUT2D eigenvalue weighted by molar-refractivity contribution is -0.128. The largest absolute Gasteiger partial charge is 0.403 e. The zero-order valence-corrected chi connectivity index (χ0v) is 16.9. The average molecular weight is 406 g/mol. The number of carbonyl (C=O) groups excluding carboxylic acids is 1. The van der Waals surface area contributed by atoms with Crippen molar-refractivity contribution in [3.63, 3.8) is 0 Å². The summed E-state index contributed by atoms with van der Waals surface area (Å²) in [6.45, 7) is 4.90.